The van der Waals surface area contributed by atoms with Gasteiger partial charge in [0.05, 0.1) is 6.04 Å². The van der Waals surface area contributed by atoms with E-state index in [9.17, 15) is 22.8 Å². The van der Waals surface area contributed by atoms with E-state index in [2.05, 4.69) is 5.32 Å². The summed E-state index contributed by atoms with van der Waals surface area (Å²) in [5.74, 6) is -1.01. The molecule has 2 aliphatic heterocycles. The van der Waals surface area contributed by atoms with E-state index in [0.717, 1.165) is 0 Å². The van der Waals surface area contributed by atoms with E-state index in [1.165, 1.54) is 16.7 Å². The number of benzene rings is 1. The Kier molecular flexibility index (Phi) is 8.16. The second kappa shape index (κ2) is 9.80. The minimum absolute atomic E-state index is 0. The van der Waals surface area contributed by atoms with Gasteiger partial charge in [-0.15, -0.1) is 0 Å². The first-order chi connectivity index (χ1) is 13.3. The Hall–Kier alpha value is -1.11. The van der Waals surface area contributed by atoms with Gasteiger partial charge in [-0.1, -0.05) is 18.2 Å². The molecule has 0 spiro atoms. The summed E-state index contributed by atoms with van der Waals surface area (Å²) in [5.41, 5.74) is 0.418. The third-order valence-electron chi connectivity index (χ3n) is 4.92. The Labute approximate surface area is 197 Å². The van der Waals surface area contributed by atoms with Crippen LogP contribution in [-0.2, 0) is 19.9 Å². The smallest absolute Gasteiger partial charge is 1.00 e. The van der Waals surface area contributed by atoms with E-state index in [1.54, 1.807) is 30.3 Å². The Morgan fingerprint density at radius 1 is 1.34 bits per heavy atom. The van der Waals surface area contributed by atoms with Crippen LogP contribution in [0.4, 0.5) is 0 Å². The SMILES string of the molecule is CSCC[C@H](NC(=O)c1ccccc1)C(=O)N1CC[C@@H]2[C@H]1C(=O)N2S(=O)(=O)O.[H-].[Na+]. The average Bonchev–Trinajstić information content (AvgIpc) is 3.02. The zero-order valence-electron chi connectivity index (χ0n) is 17.1. The molecule has 3 rings (SSSR count). The van der Waals surface area contributed by atoms with Crippen molar-refractivity contribution in [2.75, 3.05) is 18.6 Å². The van der Waals surface area contributed by atoms with Gasteiger partial charge in [-0.25, -0.2) is 4.31 Å². The monoisotopic (exact) mass is 451 g/mol. The molecule has 0 unspecified atom stereocenters. The van der Waals surface area contributed by atoms with Crippen LogP contribution in [0.25, 0.3) is 0 Å². The molecule has 0 saturated carbocycles. The van der Waals surface area contributed by atoms with Gasteiger partial charge in [-0.05, 0) is 37.0 Å². The molecule has 29 heavy (non-hydrogen) atoms. The number of carbonyl (C=O) groups is 3. The van der Waals surface area contributed by atoms with E-state index >= 15 is 0 Å². The molecular formula is C17H22N3NaO6S2. The molecule has 2 saturated heterocycles. The third kappa shape index (κ3) is 4.97. The molecule has 1 aromatic carbocycles. The quantitative estimate of drug-likeness (QED) is 0.262. The summed E-state index contributed by atoms with van der Waals surface area (Å²) >= 11 is 1.52. The molecule has 2 aliphatic rings. The van der Waals surface area contributed by atoms with Crippen LogP contribution < -0.4 is 34.9 Å². The van der Waals surface area contributed by atoms with Crippen molar-refractivity contribution in [1.29, 1.82) is 0 Å². The van der Waals surface area contributed by atoms with Crippen LogP contribution in [0.15, 0.2) is 30.3 Å². The fraction of sp³-hybridized carbons (Fsp3) is 0.471. The van der Waals surface area contributed by atoms with Crippen LogP contribution in [0.1, 0.15) is 24.6 Å². The number of thioether (sulfide) groups is 1. The average molecular weight is 452 g/mol. The van der Waals surface area contributed by atoms with Crippen LogP contribution in [0.2, 0.25) is 0 Å². The summed E-state index contributed by atoms with van der Waals surface area (Å²) in [7, 11) is -4.64. The van der Waals surface area contributed by atoms with Crippen molar-refractivity contribution in [3.63, 3.8) is 0 Å². The van der Waals surface area contributed by atoms with E-state index in [-0.39, 0.29) is 43.9 Å². The first-order valence-corrected chi connectivity index (χ1v) is 11.5. The fourth-order valence-corrected chi connectivity index (χ4v) is 4.96. The van der Waals surface area contributed by atoms with Gasteiger partial charge in [0.1, 0.15) is 12.1 Å². The summed E-state index contributed by atoms with van der Waals surface area (Å²) in [6, 6.07) is 5.99. The molecule has 12 heteroatoms. The number of hydrogen-bond acceptors (Lipinski definition) is 6. The topological polar surface area (TPSA) is 124 Å². The van der Waals surface area contributed by atoms with Crippen LogP contribution in [-0.4, -0.2) is 76.6 Å². The fourth-order valence-electron chi connectivity index (χ4n) is 3.59. The van der Waals surface area contributed by atoms with Crippen molar-refractivity contribution >= 4 is 39.8 Å². The number of fused-ring (bicyclic) bond motifs is 1. The molecule has 154 valence electrons. The summed E-state index contributed by atoms with van der Waals surface area (Å²) < 4.78 is 32.2. The van der Waals surface area contributed by atoms with Crippen molar-refractivity contribution in [3.05, 3.63) is 35.9 Å². The van der Waals surface area contributed by atoms with Gasteiger partial charge < -0.3 is 11.6 Å². The number of nitrogens with one attached hydrogen (secondary N) is 1. The number of β-lactam (4-membered cyclic amide) rings is 1. The molecule has 3 atom stereocenters. The number of rotatable bonds is 7. The first-order valence-electron chi connectivity index (χ1n) is 8.71. The predicted molar refractivity (Wildman–Crippen MR) is 104 cm³/mol. The van der Waals surface area contributed by atoms with E-state index < -0.39 is 46.2 Å². The van der Waals surface area contributed by atoms with Crippen molar-refractivity contribution in [2.45, 2.75) is 31.0 Å². The van der Waals surface area contributed by atoms with Crippen molar-refractivity contribution in [2.24, 2.45) is 0 Å². The first kappa shape index (κ1) is 24.2. The molecule has 0 aromatic heterocycles. The maximum Gasteiger partial charge on any atom is 1.00 e. The van der Waals surface area contributed by atoms with Gasteiger partial charge in [-0.2, -0.15) is 20.2 Å². The summed E-state index contributed by atoms with van der Waals surface area (Å²) in [6.07, 6.45) is 2.51. The van der Waals surface area contributed by atoms with E-state index in [4.69, 9.17) is 4.55 Å². The van der Waals surface area contributed by atoms with Crippen molar-refractivity contribution in [1.82, 2.24) is 14.5 Å². The Morgan fingerprint density at radius 2 is 2.00 bits per heavy atom. The van der Waals surface area contributed by atoms with E-state index in [0.29, 0.717) is 22.0 Å². The minimum atomic E-state index is -4.64. The second-order valence-corrected chi connectivity index (χ2v) is 8.89. The van der Waals surface area contributed by atoms with Crippen molar-refractivity contribution in [3.8, 4) is 0 Å². The summed E-state index contributed by atoms with van der Waals surface area (Å²) in [5, 5.41) is 2.72. The number of carbonyl (C=O) groups excluding carboxylic acids is 3. The minimum Gasteiger partial charge on any atom is -1.00 e. The molecule has 0 radical (unpaired) electrons. The zero-order chi connectivity index (χ0) is 20.5. The summed E-state index contributed by atoms with van der Waals surface area (Å²) in [6.45, 7) is 0.183. The normalized spacial score (nSPS) is 21.7. The van der Waals surface area contributed by atoms with Gasteiger partial charge in [0.15, 0.2) is 0 Å². The molecule has 2 N–H and O–H groups in total. The number of hydrogen-bond donors (Lipinski definition) is 2. The van der Waals surface area contributed by atoms with Crippen LogP contribution in [0.5, 0.6) is 0 Å². The second-order valence-electron chi connectivity index (χ2n) is 6.62. The van der Waals surface area contributed by atoms with Crippen molar-refractivity contribution < 1.29 is 58.3 Å². The summed E-state index contributed by atoms with van der Waals surface area (Å²) in [4.78, 5) is 39.0. The molecule has 3 amide bonds. The Bertz CT molecular complexity index is 889. The number of nitrogens with zero attached hydrogens (tertiary/aromatic N) is 2. The maximum absolute atomic E-state index is 13.0. The van der Waals surface area contributed by atoms with Gasteiger partial charge in [0, 0.05) is 12.1 Å². The largest absolute Gasteiger partial charge is 1.00 e. The third-order valence-corrected chi connectivity index (χ3v) is 6.51. The number of amides is 3. The van der Waals surface area contributed by atoms with Crippen LogP contribution >= 0.6 is 11.8 Å². The number of likely N-dealkylation sites (tertiary alicyclic amines) is 1. The van der Waals surface area contributed by atoms with Gasteiger partial charge in [0.2, 0.25) is 5.91 Å². The molecule has 9 nitrogen and oxygen atoms in total. The van der Waals surface area contributed by atoms with Gasteiger partial charge in [0.25, 0.3) is 11.8 Å². The van der Waals surface area contributed by atoms with Gasteiger partial charge >= 0.3 is 39.9 Å². The van der Waals surface area contributed by atoms with Crippen LogP contribution in [0.3, 0.4) is 0 Å². The zero-order valence-corrected chi connectivity index (χ0v) is 19.8. The Morgan fingerprint density at radius 3 is 2.59 bits per heavy atom. The molecular weight excluding hydrogens is 429 g/mol. The predicted octanol–water partition coefficient (Wildman–Crippen LogP) is -2.73. The Balaban J connectivity index is 0.00000225. The van der Waals surface area contributed by atoms with E-state index in [1.807, 2.05) is 6.26 Å². The molecule has 0 aliphatic carbocycles. The van der Waals surface area contributed by atoms with Gasteiger partial charge in [-0.3, -0.25) is 18.9 Å². The maximum atomic E-state index is 13.0. The molecule has 0 bridgehead atoms. The molecule has 1 aromatic rings. The standard InChI is InChI=1S/C17H21N3O6S2.Na.H/c1-27-10-8-12(18-15(21)11-5-3-2-4-6-11)16(22)19-9-7-13-14(19)17(23)20(13)28(24,25)26;;/h2-6,12-14H,7-10H2,1H3,(H,18,21)(H,24,25,26);;/q;+1;-1/t12-,13+,14-;;/m0../s1. The van der Waals surface area contributed by atoms with Crippen LogP contribution in [0, 0.1) is 0 Å². The molecule has 2 heterocycles. The molecule has 2 fully saturated rings.